The molecule has 0 radical (unpaired) electrons. The molecule has 0 amide bonds. The van der Waals surface area contributed by atoms with Crippen molar-refractivity contribution in [3.8, 4) is 5.75 Å². The molecule has 0 atom stereocenters. The Morgan fingerprint density at radius 3 is 2.55 bits per heavy atom. The average molecular weight is 299 g/mol. The number of halogens is 3. The molecule has 0 saturated heterocycles. The predicted octanol–water partition coefficient (Wildman–Crippen LogP) is 3.90. The number of carbonyl (C=O) groups is 1. The minimum Gasteiger partial charge on any atom is -0.489 e. The first-order valence-electron chi connectivity index (χ1n) is 5.57. The SMILES string of the molecule is O=C(O)c1ccc(OCc2cc(Cl)ccc2F)cc1F. The summed E-state index contributed by atoms with van der Waals surface area (Å²) in [5.74, 6) is -2.67. The van der Waals surface area contributed by atoms with Gasteiger partial charge in [-0.15, -0.1) is 0 Å². The van der Waals surface area contributed by atoms with Crippen molar-refractivity contribution in [1.29, 1.82) is 0 Å². The molecule has 3 nitrogen and oxygen atoms in total. The van der Waals surface area contributed by atoms with Crippen molar-refractivity contribution in [2.45, 2.75) is 6.61 Å². The molecule has 2 aromatic carbocycles. The van der Waals surface area contributed by atoms with E-state index in [1.54, 1.807) is 0 Å². The fraction of sp³-hybridized carbons (Fsp3) is 0.0714. The molecule has 0 heterocycles. The third-order valence-corrected chi connectivity index (χ3v) is 2.81. The minimum atomic E-state index is -1.37. The van der Waals surface area contributed by atoms with E-state index in [1.165, 1.54) is 24.3 Å². The Morgan fingerprint density at radius 2 is 1.90 bits per heavy atom. The van der Waals surface area contributed by atoms with E-state index < -0.39 is 23.2 Å². The lowest BCUT2D eigenvalue weighted by atomic mass is 10.2. The molecule has 104 valence electrons. The van der Waals surface area contributed by atoms with E-state index in [2.05, 4.69) is 0 Å². The second-order valence-electron chi connectivity index (χ2n) is 3.97. The van der Waals surface area contributed by atoms with E-state index in [1.807, 2.05) is 0 Å². The molecule has 0 aliphatic carbocycles. The molecule has 0 saturated carbocycles. The highest BCUT2D eigenvalue weighted by Crippen LogP contribution is 2.20. The smallest absolute Gasteiger partial charge is 0.338 e. The lowest BCUT2D eigenvalue weighted by Gasteiger charge is -2.08. The Morgan fingerprint density at radius 1 is 1.15 bits per heavy atom. The minimum absolute atomic E-state index is 0.104. The van der Waals surface area contributed by atoms with Gasteiger partial charge in [0.15, 0.2) is 0 Å². The molecule has 20 heavy (non-hydrogen) atoms. The monoisotopic (exact) mass is 298 g/mol. The first-order chi connectivity index (χ1) is 9.47. The fourth-order valence-corrected chi connectivity index (χ4v) is 1.77. The van der Waals surface area contributed by atoms with Gasteiger partial charge in [-0.2, -0.15) is 0 Å². The topological polar surface area (TPSA) is 46.5 Å². The van der Waals surface area contributed by atoms with Gasteiger partial charge in [-0.3, -0.25) is 0 Å². The van der Waals surface area contributed by atoms with Gasteiger partial charge in [-0.1, -0.05) is 11.6 Å². The summed E-state index contributed by atoms with van der Waals surface area (Å²) in [4.78, 5) is 10.6. The normalized spacial score (nSPS) is 10.3. The summed E-state index contributed by atoms with van der Waals surface area (Å²) in [5, 5.41) is 9.05. The van der Waals surface area contributed by atoms with Gasteiger partial charge in [0.1, 0.15) is 24.0 Å². The van der Waals surface area contributed by atoms with E-state index in [4.69, 9.17) is 21.4 Å². The van der Waals surface area contributed by atoms with Crippen LogP contribution in [0.4, 0.5) is 8.78 Å². The van der Waals surface area contributed by atoms with Crippen molar-refractivity contribution in [2.75, 3.05) is 0 Å². The van der Waals surface area contributed by atoms with Crippen molar-refractivity contribution in [3.63, 3.8) is 0 Å². The van der Waals surface area contributed by atoms with Gasteiger partial charge < -0.3 is 9.84 Å². The molecule has 2 aromatic rings. The number of carboxylic acid groups (broad SMARTS) is 1. The van der Waals surface area contributed by atoms with Crippen LogP contribution in [0, 0.1) is 11.6 Å². The van der Waals surface area contributed by atoms with Crippen molar-refractivity contribution >= 4 is 17.6 Å². The maximum atomic E-state index is 13.4. The number of benzene rings is 2. The third-order valence-electron chi connectivity index (χ3n) is 2.57. The molecule has 0 aliphatic heterocycles. The second-order valence-corrected chi connectivity index (χ2v) is 4.41. The van der Waals surface area contributed by atoms with E-state index >= 15 is 0 Å². The van der Waals surface area contributed by atoms with Crippen LogP contribution in [-0.2, 0) is 6.61 Å². The average Bonchev–Trinajstić information content (AvgIpc) is 2.39. The highest BCUT2D eigenvalue weighted by molar-refractivity contribution is 6.30. The summed E-state index contributed by atoms with van der Waals surface area (Å²) in [5.41, 5.74) is -0.230. The van der Waals surface area contributed by atoms with Crippen LogP contribution in [-0.4, -0.2) is 11.1 Å². The Labute approximate surface area is 118 Å². The Hall–Kier alpha value is -2.14. The summed E-state index contributed by atoms with van der Waals surface area (Å²) in [6.07, 6.45) is 0. The molecule has 0 bridgehead atoms. The van der Waals surface area contributed by atoms with Gasteiger partial charge >= 0.3 is 5.97 Å². The predicted molar refractivity (Wildman–Crippen MR) is 69.1 cm³/mol. The van der Waals surface area contributed by atoms with E-state index in [-0.39, 0.29) is 17.9 Å². The number of ether oxygens (including phenoxy) is 1. The highest BCUT2D eigenvalue weighted by Gasteiger charge is 2.11. The summed E-state index contributed by atoms with van der Waals surface area (Å²) in [6, 6.07) is 7.33. The standard InChI is InChI=1S/C14H9ClF2O3/c15-9-1-4-12(16)8(5-9)7-20-10-2-3-11(14(18)19)13(17)6-10/h1-6H,7H2,(H,18,19). The second kappa shape index (κ2) is 5.88. The molecule has 0 aliphatic rings. The summed E-state index contributed by atoms with van der Waals surface area (Å²) >= 11 is 5.73. The van der Waals surface area contributed by atoms with Crippen LogP contribution in [0.2, 0.25) is 5.02 Å². The largest absolute Gasteiger partial charge is 0.489 e. The number of carboxylic acids is 1. The van der Waals surface area contributed by atoms with Crippen molar-refractivity contribution in [3.05, 3.63) is 64.2 Å². The van der Waals surface area contributed by atoms with Gasteiger partial charge in [-0.05, 0) is 30.3 Å². The van der Waals surface area contributed by atoms with Crippen molar-refractivity contribution in [2.24, 2.45) is 0 Å². The molecular formula is C14H9ClF2O3. The number of aromatic carboxylic acids is 1. The van der Waals surface area contributed by atoms with Gasteiger partial charge in [0.25, 0.3) is 0 Å². The summed E-state index contributed by atoms with van der Waals surface area (Å²) < 4.78 is 32.1. The third kappa shape index (κ3) is 3.24. The van der Waals surface area contributed by atoms with Crippen LogP contribution in [0.5, 0.6) is 5.75 Å². The number of hydrogen-bond donors (Lipinski definition) is 1. The summed E-state index contributed by atoms with van der Waals surface area (Å²) in [7, 11) is 0. The van der Waals surface area contributed by atoms with Crippen LogP contribution in [0.1, 0.15) is 15.9 Å². The zero-order valence-corrected chi connectivity index (χ0v) is 10.8. The van der Waals surface area contributed by atoms with Crippen molar-refractivity contribution < 1.29 is 23.4 Å². The lowest BCUT2D eigenvalue weighted by Crippen LogP contribution is -2.02. The Kier molecular flexibility index (Phi) is 4.20. The maximum absolute atomic E-state index is 13.4. The van der Waals surface area contributed by atoms with E-state index in [0.29, 0.717) is 5.02 Å². The molecule has 0 spiro atoms. The van der Waals surface area contributed by atoms with Crippen LogP contribution < -0.4 is 4.74 Å². The van der Waals surface area contributed by atoms with E-state index in [0.717, 1.165) is 12.1 Å². The number of hydrogen-bond acceptors (Lipinski definition) is 2. The molecule has 0 unspecified atom stereocenters. The lowest BCUT2D eigenvalue weighted by molar-refractivity contribution is 0.0692. The molecule has 6 heteroatoms. The first-order valence-corrected chi connectivity index (χ1v) is 5.95. The van der Waals surface area contributed by atoms with Crippen LogP contribution in [0.15, 0.2) is 36.4 Å². The maximum Gasteiger partial charge on any atom is 0.338 e. The summed E-state index contributed by atoms with van der Waals surface area (Å²) in [6.45, 7) is -0.141. The van der Waals surface area contributed by atoms with Crippen LogP contribution in [0.3, 0.4) is 0 Å². The highest BCUT2D eigenvalue weighted by atomic mass is 35.5. The number of rotatable bonds is 4. The molecule has 0 aromatic heterocycles. The fourth-order valence-electron chi connectivity index (χ4n) is 1.57. The van der Waals surface area contributed by atoms with Crippen LogP contribution >= 0.6 is 11.6 Å². The molecule has 1 N–H and O–H groups in total. The van der Waals surface area contributed by atoms with E-state index in [9.17, 15) is 13.6 Å². The Balaban J connectivity index is 2.13. The zero-order valence-electron chi connectivity index (χ0n) is 10.1. The van der Waals surface area contributed by atoms with Gasteiger partial charge in [0.2, 0.25) is 0 Å². The van der Waals surface area contributed by atoms with Crippen molar-refractivity contribution in [1.82, 2.24) is 0 Å². The zero-order chi connectivity index (χ0) is 14.7. The first kappa shape index (κ1) is 14.3. The molecule has 0 fully saturated rings. The Bertz CT molecular complexity index is 659. The molecule has 2 rings (SSSR count). The van der Waals surface area contributed by atoms with Gasteiger partial charge in [0, 0.05) is 16.7 Å². The molecular weight excluding hydrogens is 290 g/mol. The van der Waals surface area contributed by atoms with Crippen LogP contribution in [0.25, 0.3) is 0 Å². The quantitative estimate of drug-likeness (QED) is 0.931. The van der Waals surface area contributed by atoms with Gasteiger partial charge in [0.05, 0.1) is 5.56 Å². The van der Waals surface area contributed by atoms with Gasteiger partial charge in [-0.25, -0.2) is 13.6 Å².